The molecular weight excluding hydrogens is 318 g/mol. The van der Waals surface area contributed by atoms with Crippen LogP contribution < -0.4 is 5.32 Å². The van der Waals surface area contributed by atoms with Gasteiger partial charge in [-0.05, 0) is 68.4 Å². The highest BCUT2D eigenvalue weighted by Gasteiger charge is 2.21. The number of nitrogens with one attached hydrogen (secondary N) is 2. The summed E-state index contributed by atoms with van der Waals surface area (Å²) in [5.74, 6) is 0.0953. The number of benzene rings is 1. The van der Waals surface area contributed by atoms with Gasteiger partial charge >= 0.3 is 0 Å². The maximum atomic E-state index is 12.4. The fourth-order valence-corrected chi connectivity index (χ4v) is 3.82. The number of fused-ring (bicyclic) bond motifs is 1. The lowest BCUT2D eigenvalue weighted by Gasteiger charge is -2.26. The van der Waals surface area contributed by atoms with Crippen LogP contribution in [0.4, 0.5) is 0 Å². The average Bonchev–Trinajstić information content (AvgIpc) is 2.54. The van der Waals surface area contributed by atoms with Gasteiger partial charge in [0.25, 0.3) is 0 Å². The first-order valence-electron chi connectivity index (χ1n) is 8.48. The standard InChI is InChI=1S/C19H23N3OS/c1-12-15(13(2)21-19(24)20-12)10-11-18(23)22-17-9-5-7-14-6-3-4-8-16(14)17/h3-4,6,8,17H,5,7,9-11H2,1-2H3,(H,22,23)(H,20,21,24). The van der Waals surface area contributed by atoms with Crippen LogP contribution in [0.1, 0.15) is 53.4 Å². The molecule has 0 spiro atoms. The first kappa shape index (κ1) is 16.8. The lowest BCUT2D eigenvalue weighted by atomic mass is 9.87. The van der Waals surface area contributed by atoms with Crippen LogP contribution in [-0.2, 0) is 17.6 Å². The summed E-state index contributed by atoms with van der Waals surface area (Å²) in [5.41, 5.74) is 5.63. The summed E-state index contributed by atoms with van der Waals surface area (Å²) in [7, 11) is 0. The normalized spacial score (nSPS) is 16.5. The van der Waals surface area contributed by atoms with Gasteiger partial charge in [0.05, 0.1) is 6.04 Å². The number of aryl methyl sites for hydroxylation is 3. The minimum absolute atomic E-state index is 0.0953. The highest BCUT2D eigenvalue weighted by Crippen LogP contribution is 2.29. The minimum Gasteiger partial charge on any atom is -0.349 e. The van der Waals surface area contributed by atoms with Gasteiger partial charge in [0, 0.05) is 17.8 Å². The summed E-state index contributed by atoms with van der Waals surface area (Å²) >= 11 is 5.08. The smallest absolute Gasteiger partial charge is 0.220 e. The van der Waals surface area contributed by atoms with E-state index in [-0.39, 0.29) is 11.9 Å². The molecule has 1 aliphatic carbocycles. The number of rotatable bonds is 4. The Morgan fingerprint density at radius 3 is 2.96 bits per heavy atom. The van der Waals surface area contributed by atoms with Gasteiger partial charge in [0.15, 0.2) is 4.77 Å². The summed E-state index contributed by atoms with van der Waals surface area (Å²) in [6.07, 6.45) is 4.39. The number of aromatic amines is 1. The molecule has 1 aromatic carbocycles. The van der Waals surface area contributed by atoms with E-state index < -0.39 is 0 Å². The highest BCUT2D eigenvalue weighted by atomic mass is 32.1. The fraction of sp³-hybridized carbons (Fsp3) is 0.421. The van der Waals surface area contributed by atoms with Crippen LogP contribution in [0.25, 0.3) is 0 Å². The van der Waals surface area contributed by atoms with Gasteiger partial charge in [-0.15, -0.1) is 0 Å². The van der Waals surface area contributed by atoms with E-state index in [0.717, 1.165) is 36.2 Å². The van der Waals surface area contributed by atoms with Crippen LogP contribution in [0.2, 0.25) is 0 Å². The average molecular weight is 341 g/mol. The zero-order valence-electron chi connectivity index (χ0n) is 14.2. The van der Waals surface area contributed by atoms with Crippen molar-refractivity contribution in [2.45, 2.75) is 52.0 Å². The van der Waals surface area contributed by atoms with Gasteiger partial charge in [-0.3, -0.25) is 4.79 Å². The molecule has 5 heteroatoms. The SMILES string of the molecule is Cc1nc(=S)[nH]c(C)c1CCC(=O)NC1CCCc2ccccc21. The molecule has 1 aromatic heterocycles. The Kier molecular flexibility index (Phi) is 5.09. The van der Waals surface area contributed by atoms with Crippen molar-refractivity contribution in [3.63, 3.8) is 0 Å². The predicted octanol–water partition coefficient (Wildman–Crippen LogP) is 3.88. The number of hydrogen-bond acceptors (Lipinski definition) is 3. The molecule has 1 heterocycles. The van der Waals surface area contributed by atoms with Crippen molar-refractivity contribution in [3.05, 3.63) is 57.1 Å². The minimum atomic E-state index is 0.0953. The van der Waals surface area contributed by atoms with E-state index in [1.54, 1.807) is 0 Å². The molecule has 0 saturated carbocycles. The van der Waals surface area contributed by atoms with Crippen molar-refractivity contribution >= 4 is 18.1 Å². The van der Waals surface area contributed by atoms with Gasteiger partial charge in [0.2, 0.25) is 5.91 Å². The second-order valence-electron chi connectivity index (χ2n) is 6.44. The number of amides is 1. The van der Waals surface area contributed by atoms with Gasteiger partial charge in [-0.25, -0.2) is 4.98 Å². The molecule has 1 amide bonds. The maximum absolute atomic E-state index is 12.4. The molecule has 126 valence electrons. The van der Waals surface area contributed by atoms with Gasteiger partial charge in [0.1, 0.15) is 0 Å². The quantitative estimate of drug-likeness (QED) is 0.830. The largest absolute Gasteiger partial charge is 0.349 e. The van der Waals surface area contributed by atoms with E-state index in [1.807, 2.05) is 19.9 Å². The summed E-state index contributed by atoms with van der Waals surface area (Å²) in [4.78, 5) is 19.8. The third kappa shape index (κ3) is 3.73. The second-order valence-corrected chi connectivity index (χ2v) is 6.83. The monoisotopic (exact) mass is 341 g/mol. The van der Waals surface area contributed by atoms with Crippen LogP contribution in [-0.4, -0.2) is 15.9 Å². The number of carbonyl (C=O) groups excluding carboxylic acids is 1. The molecule has 1 unspecified atom stereocenters. The molecular formula is C19H23N3OS. The number of carbonyl (C=O) groups is 1. The van der Waals surface area contributed by atoms with Crippen LogP contribution in [0.5, 0.6) is 0 Å². The van der Waals surface area contributed by atoms with E-state index in [2.05, 4.69) is 33.5 Å². The van der Waals surface area contributed by atoms with E-state index in [4.69, 9.17) is 12.2 Å². The molecule has 3 rings (SSSR count). The van der Waals surface area contributed by atoms with Gasteiger partial charge in [-0.2, -0.15) is 0 Å². The second kappa shape index (κ2) is 7.26. The number of aromatic nitrogens is 2. The first-order chi connectivity index (χ1) is 11.5. The topological polar surface area (TPSA) is 57.8 Å². The van der Waals surface area contributed by atoms with E-state index >= 15 is 0 Å². The lowest BCUT2D eigenvalue weighted by molar-refractivity contribution is -0.121. The molecule has 0 aliphatic heterocycles. The van der Waals surface area contributed by atoms with E-state index in [9.17, 15) is 4.79 Å². The Morgan fingerprint density at radius 1 is 1.38 bits per heavy atom. The summed E-state index contributed by atoms with van der Waals surface area (Å²) < 4.78 is 0.497. The van der Waals surface area contributed by atoms with Crippen LogP contribution >= 0.6 is 12.2 Å². The fourth-order valence-electron chi connectivity index (χ4n) is 3.53. The van der Waals surface area contributed by atoms with Crippen molar-refractivity contribution in [2.75, 3.05) is 0 Å². The molecule has 24 heavy (non-hydrogen) atoms. The summed E-state index contributed by atoms with van der Waals surface area (Å²) in [6, 6.07) is 8.56. The summed E-state index contributed by atoms with van der Waals surface area (Å²) in [5, 5.41) is 3.21. The molecule has 0 bridgehead atoms. The van der Waals surface area contributed by atoms with Crippen LogP contribution in [0, 0.1) is 18.6 Å². The third-order valence-electron chi connectivity index (χ3n) is 4.76. The zero-order chi connectivity index (χ0) is 17.1. The molecule has 1 atom stereocenters. The third-order valence-corrected chi connectivity index (χ3v) is 4.95. The van der Waals surface area contributed by atoms with Crippen LogP contribution in [0.15, 0.2) is 24.3 Å². The lowest BCUT2D eigenvalue weighted by Crippen LogP contribution is -2.31. The molecule has 0 radical (unpaired) electrons. The Labute approximate surface area is 147 Å². The van der Waals surface area contributed by atoms with Crippen molar-refractivity contribution in [2.24, 2.45) is 0 Å². The van der Waals surface area contributed by atoms with Crippen molar-refractivity contribution in [1.82, 2.24) is 15.3 Å². The maximum Gasteiger partial charge on any atom is 0.220 e. The molecule has 0 saturated heterocycles. The number of hydrogen-bond donors (Lipinski definition) is 2. The first-order valence-corrected chi connectivity index (χ1v) is 8.89. The zero-order valence-corrected chi connectivity index (χ0v) is 15.0. The molecule has 2 N–H and O–H groups in total. The number of nitrogens with zero attached hydrogens (tertiary/aromatic N) is 1. The molecule has 4 nitrogen and oxygen atoms in total. The van der Waals surface area contributed by atoms with E-state index in [1.165, 1.54) is 11.1 Å². The van der Waals surface area contributed by atoms with Gasteiger partial charge < -0.3 is 10.3 Å². The number of H-pyrrole nitrogens is 1. The predicted molar refractivity (Wildman–Crippen MR) is 97.5 cm³/mol. The Balaban J connectivity index is 1.64. The highest BCUT2D eigenvalue weighted by molar-refractivity contribution is 7.71. The summed E-state index contributed by atoms with van der Waals surface area (Å²) in [6.45, 7) is 3.93. The van der Waals surface area contributed by atoms with Crippen LogP contribution in [0.3, 0.4) is 0 Å². The van der Waals surface area contributed by atoms with Crippen molar-refractivity contribution in [1.29, 1.82) is 0 Å². The van der Waals surface area contributed by atoms with Crippen molar-refractivity contribution in [3.8, 4) is 0 Å². The molecule has 2 aromatic rings. The van der Waals surface area contributed by atoms with Gasteiger partial charge in [-0.1, -0.05) is 24.3 Å². The Bertz CT molecular complexity index is 786. The Morgan fingerprint density at radius 2 is 2.17 bits per heavy atom. The molecule has 0 fully saturated rings. The Hall–Kier alpha value is -2.01. The van der Waals surface area contributed by atoms with E-state index in [0.29, 0.717) is 17.6 Å². The van der Waals surface area contributed by atoms with Crippen molar-refractivity contribution < 1.29 is 4.79 Å². The molecule has 1 aliphatic rings.